The first-order valence-corrected chi connectivity index (χ1v) is 12.1. The molecule has 3 aromatic carbocycles. The summed E-state index contributed by atoms with van der Waals surface area (Å²) in [4.78, 5) is 27.6. The third-order valence-electron chi connectivity index (χ3n) is 5.58. The molecule has 4 aromatic rings. The second kappa shape index (κ2) is 10.1. The lowest BCUT2D eigenvalue weighted by molar-refractivity contribution is -0.122. The minimum atomic E-state index is -0.570. The highest BCUT2D eigenvalue weighted by Crippen LogP contribution is 2.28. The van der Waals surface area contributed by atoms with Crippen molar-refractivity contribution in [1.82, 2.24) is 15.1 Å². The summed E-state index contributed by atoms with van der Waals surface area (Å²) >= 11 is 17.3. The number of amides is 2. The standard InChI is InChI=1S/C27H18Cl2N4O2S/c28-20-8-6-17(7-9-20)15-32-16-19(24(31-32)18-4-2-1-3-5-18)14-23-25(34)30-27(36)33(26(23)35)22-12-10-21(29)11-13-22/h1-14,16H,15H2,(H,30,34,36)/b23-14+. The Hall–Kier alpha value is -3.78. The molecule has 1 aliphatic rings. The first-order valence-electron chi connectivity index (χ1n) is 10.9. The van der Waals surface area contributed by atoms with Gasteiger partial charge in [-0.2, -0.15) is 5.10 Å². The van der Waals surface area contributed by atoms with Gasteiger partial charge in [0, 0.05) is 27.4 Å². The highest BCUT2D eigenvalue weighted by atomic mass is 35.5. The van der Waals surface area contributed by atoms with Gasteiger partial charge in [0.15, 0.2) is 5.11 Å². The monoisotopic (exact) mass is 532 g/mol. The number of carbonyl (C=O) groups excluding carboxylic acids is 2. The van der Waals surface area contributed by atoms with Crippen LogP contribution in [-0.2, 0) is 16.1 Å². The normalized spacial score (nSPS) is 14.9. The minimum absolute atomic E-state index is 0.00573. The molecule has 0 saturated carbocycles. The molecule has 5 rings (SSSR count). The van der Waals surface area contributed by atoms with E-state index in [1.54, 1.807) is 35.0 Å². The molecule has 2 amide bonds. The van der Waals surface area contributed by atoms with Crippen LogP contribution in [0.2, 0.25) is 10.0 Å². The van der Waals surface area contributed by atoms with E-state index in [2.05, 4.69) is 5.32 Å². The van der Waals surface area contributed by atoms with Crippen LogP contribution in [0.15, 0.2) is 90.6 Å². The Morgan fingerprint density at radius 1 is 0.889 bits per heavy atom. The average molecular weight is 533 g/mol. The fraction of sp³-hybridized carbons (Fsp3) is 0.0370. The third kappa shape index (κ3) is 4.95. The van der Waals surface area contributed by atoms with Crippen molar-refractivity contribution in [2.24, 2.45) is 0 Å². The number of thiocarbonyl (C=S) groups is 1. The smallest absolute Gasteiger partial charge is 0.270 e. The molecule has 0 atom stereocenters. The molecule has 0 radical (unpaired) electrons. The van der Waals surface area contributed by atoms with Gasteiger partial charge in [-0.3, -0.25) is 24.5 Å². The zero-order valence-electron chi connectivity index (χ0n) is 18.7. The second-order valence-corrected chi connectivity index (χ2v) is 9.32. The quantitative estimate of drug-likeness (QED) is 0.202. The van der Waals surface area contributed by atoms with Gasteiger partial charge in [0.1, 0.15) is 5.57 Å². The number of benzene rings is 3. The van der Waals surface area contributed by atoms with E-state index in [1.165, 1.54) is 4.90 Å². The van der Waals surface area contributed by atoms with Gasteiger partial charge in [0.25, 0.3) is 11.8 Å². The molecule has 36 heavy (non-hydrogen) atoms. The van der Waals surface area contributed by atoms with Gasteiger partial charge >= 0.3 is 0 Å². The summed E-state index contributed by atoms with van der Waals surface area (Å²) in [6.45, 7) is 0.487. The van der Waals surface area contributed by atoms with Crippen LogP contribution in [0.5, 0.6) is 0 Å². The maximum absolute atomic E-state index is 13.5. The van der Waals surface area contributed by atoms with Gasteiger partial charge in [-0.05, 0) is 60.3 Å². The molecule has 1 aromatic heterocycles. The van der Waals surface area contributed by atoms with Crippen LogP contribution in [0.1, 0.15) is 11.1 Å². The Balaban J connectivity index is 1.56. The summed E-state index contributed by atoms with van der Waals surface area (Å²) in [6.07, 6.45) is 3.36. The predicted octanol–water partition coefficient (Wildman–Crippen LogP) is 5.74. The molecule has 0 bridgehead atoms. The summed E-state index contributed by atoms with van der Waals surface area (Å²) < 4.78 is 1.77. The Morgan fingerprint density at radius 3 is 2.19 bits per heavy atom. The van der Waals surface area contributed by atoms with Crippen LogP contribution < -0.4 is 10.2 Å². The maximum Gasteiger partial charge on any atom is 0.270 e. The summed E-state index contributed by atoms with van der Waals surface area (Å²) in [5, 5.41) is 8.55. The molecule has 0 aliphatic carbocycles. The van der Waals surface area contributed by atoms with Crippen molar-refractivity contribution >= 4 is 64.1 Å². The SMILES string of the molecule is O=C1NC(=S)N(c2ccc(Cl)cc2)C(=O)/C1=C/c1cn(Cc2ccc(Cl)cc2)nc1-c1ccccc1. The van der Waals surface area contributed by atoms with Crippen LogP contribution in [0.3, 0.4) is 0 Å². The highest BCUT2D eigenvalue weighted by molar-refractivity contribution is 7.80. The average Bonchev–Trinajstić information content (AvgIpc) is 3.27. The lowest BCUT2D eigenvalue weighted by Gasteiger charge is -2.28. The van der Waals surface area contributed by atoms with E-state index in [0.29, 0.717) is 33.5 Å². The van der Waals surface area contributed by atoms with Crippen molar-refractivity contribution in [2.45, 2.75) is 6.54 Å². The summed E-state index contributed by atoms with van der Waals surface area (Å²) in [5.74, 6) is -1.10. The molecule has 0 unspecified atom stereocenters. The third-order valence-corrected chi connectivity index (χ3v) is 6.37. The largest absolute Gasteiger partial charge is 0.298 e. The first kappa shape index (κ1) is 23.9. The highest BCUT2D eigenvalue weighted by Gasteiger charge is 2.34. The zero-order chi connectivity index (χ0) is 25.2. The van der Waals surface area contributed by atoms with Gasteiger partial charge in [-0.1, -0.05) is 65.7 Å². The number of anilines is 1. The van der Waals surface area contributed by atoms with E-state index in [0.717, 1.165) is 11.1 Å². The molecule has 1 N–H and O–H groups in total. The number of aromatic nitrogens is 2. The topological polar surface area (TPSA) is 67.2 Å². The number of hydrogen-bond donors (Lipinski definition) is 1. The van der Waals surface area contributed by atoms with Crippen molar-refractivity contribution in [1.29, 1.82) is 0 Å². The Labute approximate surface area is 222 Å². The van der Waals surface area contributed by atoms with Crippen molar-refractivity contribution in [3.05, 3.63) is 112 Å². The fourth-order valence-corrected chi connectivity index (χ4v) is 4.39. The van der Waals surface area contributed by atoms with Crippen molar-refractivity contribution < 1.29 is 9.59 Å². The lowest BCUT2D eigenvalue weighted by Crippen LogP contribution is -2.54. The Morgan fingerprint density at radius 2 is 1.53 bits per heavy atom. The number of rotatable bonds is 5. The van der Waals surface area contributed by atoms with Crippen LogP contribution in [0.4, 0.5) is 5.69 Å². The number of halogens is 2. The molecule has 0 spiro atoms. The van der Waals surface area contributed by atoms with Crippen LogP contribution in [0, 0.1) is 0 Å². The van der Waals surface area contributed by atoms with Crippen LogP contribution >= 0.6 is 35.4 Å². The molecule has 2 heterocycles. The fourth-order valence-electron chi connectivity index (χ4n) is 3.86. The number of carbonyl (C=O) groups is 2. The van der Waals surface area contributed by atoms with E-state index >= 15 is 0 Å². The van der Waals surface area contributed by atoms with Gasteiger partial charge < -0.3 is 0 Å². The van der Waals surface area contributed by atoms with Crippen molar-refractivity contribution in [3.8, 4) is 11.3 Å². The first-order chi connectivity index (χ1) is 17.4. The zero-order valence-corrected chi connectivity index (χ0v) is 21.0. The van der Waals surface area contributed by atoms with E-state index in [4.69, 9.17) is 40.5 Å². The number of hydrogen-bond acceptors (Lipinski definition) is 4. The molecular formula is C27H18Cl2N4O2S. The summed E-state index contributed by atoms with van der Waals surface area (Å²) in [6, 6.07) is 23.7. The van der Waals surface area contributed by atoms with Crippen LogP contribution in [-0.4, -0.2) is 26.7 Å². The summed E-state index contributed by atoms with van der Waals surface area (Å²) in [7, 11) is 0. The predicted molar refractivity (Wildman–Crippen MR) is 146 cm³/mol. The van der Waals surface area contributed by atoms with E-state index < -0.39 is 11.8 Å². The molecule has 6 nitrogen and oxygen atoms in total. The number of nitrogens with one attached hydrogen (secondary N) is 1. The van der Waals surface area contributed by atoms with E-state index in [1.807, 2.05) is 60.8 Å². The minimum Gasteiger partial charge on any atom is -0.298 e. The lowest BCUT2D eigenvalue weighted by atomic mass is 10.0. The van der Waals surface area contributed by atoms with Gasteiger partial charge in [0.2, 0.25) is 0 Å². The summed E-state index contributed by atoms with van der Waals surface area (Å²) in [5.41, 5.74) is 3.57. The van der Waals surface area contributed by atoms with Crippen molar-refractivity contribution in [3.63, 3.8) is 0 Å². The molecule has 178 valence electrons. The van der Waals surface area contributed by atoms with Crippen LogP contribution in [0.25, 0.3) is 17.3 Å². The Bertz CT molecular complexity index is 1500. The number of nitrogens with zero attached hydrogens (tertiary/aromatic N) is 3. The molecule has 9 heteroatoms. The molecule has 1 aliphatic heterocycles. The second-order valence-electron chi connectivity index (χ2n) is 8.06. The molecular weight excluding hydrogens is 515 g/mol. The molecule has 1 fully saturated rings. The molecule has 1 saturated heterocycles. The van der Waals surface area contributed by atoms with E-state index in [9.17, 15) is 9.59 Å². The van der Waals surface area contributed by atoms with E-state index in [-0.39, 0.29) is 10.7 Å². The van der Waals surface area contributed by atoms with Gasteiger partial charge in [0.05, 0.1) is 17.9 Å². The van der Waals surface area contributed by atoms with Gasteiger partial charge in [-0.15, -0.1) is 0 Å². The van der Waals surface area contributed by atoms with Crippen molar-refractivity contribution in [2.75, 3.05) is 4.90 Å². The maximum atomic E-state index is 13.5. The Kier molecular flexibility index (Phi) is 6.69. The van der Waals surface area contributed by atoms with Gasteiger partial charge in [-0.25, -0.2) is 0 Å².